The first-order chi connectivity index (χ1) is 7.70. The third kappa shape index (κ3) is 2.40. The molecule has 86 valence electrons. The second-order valence-electron chi connectivity index (χ2n) is 3.51. The number of thioether (sulfide) groups is 1. The van der Waals surface area contributed by atoms with E-state index in [0.717, 1.165) is 11.5 Å². The first-order valence-electron chi connectivity index (χ1n) is 5.01. The van der Waals surface area contributed by atoms with Gasteiger partial charge in [-0.05, 0) is 28.1 Å². The van der Waals surface area contributed by atoms with Crippen LogP contribution in [0.15, 0.2) is 22.7 Å². The molecule has 1 heterocycles. The molecule has 1 fully saturated rings. The summed E-state index contributed by atoms with van der Waals surface area (Å²) in [6.45, 7) is 1.41. The molecule has 1 aromatic rings. The van der Waals surface area contributed by atoms with Gasteiger partial charge in [0.15, 0.2) is 0 Å². The van der Waals surface area contributed by atoms with E-state index in [4.69, 9.17) is 0 Å². The fraction of sp³-hybridized carbons (Fsp3) is 0.364. The van der Waals surface area contributed by atoms with Crippen LogP contribution in [0, 0.1) is 5.82 Å². The third-order valence-corrected chi connectivity index (χ3v) is 4.04. The Morgan fingerprint density at radius 3 is 2.75 bits per heavy atom. The molecule has 0 aliphatic carbocycles. The monoisotopic (exact) mass is 303 g/mol. The zero-order chi connectivity index (χ0) is 11.5. The molecule has 1 aromatic carbocycles. The van der Waals surface area contributed by atoms with E-state index in [-0.39, 0.29) is 11.5 Å². The lowest BCUT2D eigenvalue weighted by Crippen LogP contribution is -2.38. The van der Waals surface area contributed by atoms with Crippen molar-refractivity contribution in [1.82, 2.24) is 4.90 Å². The lowest BCUT2D eigenvalue weighted by molar-refractivity contribution is 0.0767. The van der Waals surface area contributed by atoms with Crippen LogP contribution < -0.4 is 0 Å². The van der Waals surface area contributed by atoms with Crippen molar-refractivity contribution >= 4 is 33.6 Å². The number of benzene rings is 1. The Morgan fingerprint density at radius 2 is 2.06 bits per heavy atom. The largest absolute Gasteiger partial charge is 0.337 e. The van der Waals surface area contributed by atoms with Crippen molar-refractivity contribution in [3.8, 4) is 0 Å². The zero-order valence-corrected chi connectivity index (χ0v) is 11.0. The van der Waals surface area contributed by atoms with E-state index >= 15 is 0 Å². The highest BCUT2D eigenvalue weighted by atomic mass is 79.9. The predicted octanol–water partition coefficient (Wildman–Crippen LogP) is 2.78. The smallest absolute Gasteiger partial charge is 0.256 e. The van der Waals surface area contributed by atoms with Gasteiger partial charge in [0.25, 0.3) is 5.91 Å². The van der Waals surface area contributed by atoms with Crippen LogP contribution in [0.5, 0.6) is 0 Å². The van der Waals surface area contributed by atoms with Gasteiger partial charge in [-0.1, -0.05) is 6.07 Å². The van der Waals surface area contributed by atoms with Crippen LogP contribution in [-0.2, 0) is 0 Å². The van der Waals surface area contributed by atoms with Gasteiger partial charge in [-0.2, -0.15) is 11.8 Å². The van der Waals surface area contributed by atoms with E-state index in [1.807, 2.05) is 11.8 Å². The van der Waals surface area contributed by atoms with Gasteiger partial charge in [0.05, 0.1) is 10.0 Å². The number of halogens is 2. The highest BCUT2D eigenvalue weighted by molar-refractivity contribution is 9.10. The summed E-state index contributed by atoms with van der Waals surface area (Å²) in [5.41, 5.74) is 0.154. The van der Waals surface area contributed by atoms with Gasteiger partial charge in [0.1, 0.15) is 5.82 Å². The normalized spacial score (nSPS) is 16.2. The highest BCUT2D eigenvalue weighted by Gasteiger charge is 2.21. The van der Waals surface area contributed by atoms with Gasteiger partial charge in [-0.3, -0.25) is 4.79 Å². The Labute approximate surface area is 106 Å². The first-order valence-corrected chi connectivity index (χ1v) is 6.96. The minimum atomic E-state index is -0.467. The number of hydrogen-bond acceptors (Lipinski definition) is 2. The summed E-state index contributed by atoms with van der Waals surface area (Å²) < 4.78 is 14.0. The summed E-state index contributed by atoms with van der Waals surface area (Å²) in [5.74, 6) is 1.19. The van der Waals surface area contributed by atoms with Crippen molar-refractivity contribution in [3.63, 3.8) is 0 Å². The van der Waals surface area contributed by atoms with Crippen LogP contribution >= 0.6 is 27.7 Å². The molecule has 1 amide bonds. The van der Waals surface area contributed by atoms with Crippen molar-refractivity contribution in [2.75, 3.05) is 24.6 Å². The maximum absolute atomic E-state index is 13.7. The average Bonchev–Trinajstić information content (AvgIpc) is 2.33. The van der Waals surface area contributed by atoms with Gasteiger partial charge in [-0.15, -0.1) is 0 Å². The van der Waals surface area contributed by atoms with Crippen molar-refractivity contribution in [2.45, 2.75) is 0 Å². The maximum atomic E-state index is 13.7. The Kier molecular flexibility index (Phi) is 3.86. The standard InChI is InChI=1S/C11H11BrFNOS/c12-9-3-1-2-8(10(9)13)11(15)14-4-6-16-7-5-14/h1-3H,4-7H2. The van der Waals surface area contributed by atoms with Crippen LogP contribution in [-0.4, -0.2) is 35.4 Å². The van der Waals surface area contributed by atoms with Gasteiger partial charge in [0, 0.05) is 24.6 Å². The van der Waals surface area contributed by atoms with Crippen molar-refractivity contribution in [2.24, 2.45) is 0 Å². The highest BCUT2D eigenvalue weighted by Crippen LogP contribution is 2.21. The summed E-state index contributed by atoms with van der Waals surface area (Å²) in [7, 11) is 0. The van der Waals surface area contributed by atoms with Gasteiger partial charge in [-0.25, -0.2) is 4.39 Å². The molecule has 0 atom stereocenters. The summed E-state index contributed by atoms with van der Waals surface area (Å²) in [4.78, 5) is 13.7. The molecule has 1 saturated heterocycles. The van der Waals surface area contributed by atoms with E-state index < -0.39 is 5.82 Å². The van der Waals surface area contributed by atoms with Crippen LogP contribution in [0.2, 0.25) is 0 Å². The van der Waals surface area contributed by atoms with Gasteiger partial charge < -0.3 is 4.90 Å². The Bertz CT molecular complexity index is 407. The predicted molar refractivity (Wildman–Crippen MR) is 67.3 cm³/mol. The topological polar surface area (TPSA) is 20.3 Å². The molecule has 0 bridgehead atoms. The van der Waals surface area contributed by atoms with Gasteiger partial charge >= 0.3 is 0 Å². The summed E-state index contributed by atoms with van der Waals surface area (Å²) in [6, 6.07) is 4.81. The fourth-order valence-electron chi connectivity index (χ4n) is 1.61. The molecule has 0 saturated carbocycles. The molecule has 0 radical (unpaired) electrons. The van der Waals surface area contributed by atoms with E-state index in [9.17, 15) is 9.18 Å². The number of carbonyl (C=O) groups is 1. The zero-order valence-electron chi connectivity index (χ0n) is 8.58. The van der Waals surface area contributed by atoms with Crippen LogP contribution in [0.4, 0.5) is 4.39 Å². The van der Waals surface area contributed by atoms with Crippen LogP contribution in [0.1, 0.15) is 10.4 Å². The van der Waals surface area contributed by atoms with E-state index in [2.05, 4.69) is 15.9 Å². The van der Waals surface area contributed by atoms with Crippen molar-refractivity contribution in [3.05, 3.63) is 34.1 Å². The summed E-state index contributed by atoms with van der Waals surface area (Å²) >= 11 is 4.91. The molecule has 0 spiro atoms. The van der Waals surface area contributed by atoms with E-state index in [1.54, 1.807) is 17.0 Å². The SMILES string of the molecule is O=C(c1cccc(Br)c1F)N1CCSCC1. The number of hydrogen-bond donors (Lipinski definition) is 0. The molecule has 2 rings (SSSR count). The fourth-order valence-corrected chi connectivity index (χ4v) is 2.88. The average molecular weight is 304 g/mol. The Balaban J connectivity index is 2.22. The number of carbonyl (C=O) groups excluding carboxylic acids is 1. The van der Waals surface area contributed by atoms with E-state index in [0.29, 0.717) is 17.6 Å². The molecule has 1 aliphatic heterocycles. The quantitative estimate of drug-likeness (QED) is 0.795. The van der Waals surface area contributed by atoms with Gasteiger partial charge in [0.2, 0.25) is 0 Å². The summed E-state index contributed by atoms with van der Waals surface area (Å²) in [5, 5.41) is 0. The number of nitrogens with zero attached hydrogens (tertiary/aromatic N) is 1. The lowest BCUT2D eigenvalue weighted by atomic mass is 10.2. The molecule has 1 aliphatic rings. The second-order valence-corrected chi connectivity index (χ2v) is 5.59. The molecular formula is C11H11BrFNOS. The number of rotatable bonds is 1. The molecule has 16 heavy (non-hydrogen) atoms. The minimum Gasteiger partial charge on any atom is -0.337 e. The molecular weight excluding hydrogens is 293 g/mol. The lowest BCUT2D eigenvalue weighted by Gasteiger charge is -2.26. The molecule has 0 unspecified atom stereocenters. The maximum Gasteiger partial charge on any atom is 0.256 e. The number of amides is 1. The van der Waals surface area contributed by atoms with Crippen molar-refractivity contribution < 1.29 is 9.18 Å². The molecule has 0 aromatic heterocycles. The Hall–Kier alpha value is -0.550. The Morgan fingerprint density at radius 1 is 1.38 bits per heavy atom. The minimum absolute atomic E-state index is 0.154. The van der Waals surface area contributed by atoms with E-state index in [1.165, 1.54) is 6.07 Å². The summed E-state index contributed by atoms with van der Waals surface area (Å²) in [6.07, 6.45) is 0. The third-order valence-electron chi connectivity index (χ3n) is 2.48. The van der Waals surface area contributed by atoms with Crippen LogP contribution in [0.3, 0.4) is 0 Å². The van der Waals surface area contributed by atoms with Crippen molar-refractivity contribution in [1.29, 1.82) is 0 Å². The molecule has 0 N–H and O–H groups in total. The van der Waals surface area contributed by atoms with Crippen LogP contribution in [0.25, 0.3) is 0 Å². The molecule has 5 heteroatoms. The first kappa shape index (κ1) is 11.9. The molecule has 2 nitrogen and oxygen atoms in total. The second kappa shape index (κ2) is 5.19.